The molecule has 0 N–H and O–H groups in total. The maximum atomic E-state index is 5.49. The van der Waals surface area contributed by atoms with Crippen LogP contribution in [0.15, 0.2) is 0 Å². The SMILES string of the molecule is CC(C)(C)N1CCC12CCOC2. The molecular weight excluding hydrogens is 150 g/mol. The van der Waals surface area contributed by atoms with E-state index in [9.17, 15) is 0 Å². The molecule has 0 bridgehead atoms. The van der Waals surface area contributed by atoms with Gasteiger partial charge in [-0.15, -0.1) is 0 Å². The zero-order valence-electron chi connectivity index (χ0n) is 8.39. The van der Waals surface area contributed by atoms with E-state index >= 15 is 0 Å². The predicted octanol–water partition coefficient (Wildman–Crippen LogP) is 1.65. The summed E-state index contributed by atoms with van der Waals surface area (Å²) >= 11 is 0. The van der Waals surface area contributed by atoms with Crippen LogP contribution in [0.1, 0.15) is 33.6 Å². The van der Waals surface area contributed by atoms with Crippen molar-refractivity contribution in [2.24, 2.45) is 0 Å². The van der Waals surface area contributed by atoms with Gasteiger partial charge in [-0.1, -0.05) is 0 Å². The number of likely N-dealkylation sites (tertiary alicyclic amines) is 1. The molecule has 0 saturated carbocycles. The summed E-state index contributed by atoms with van der Waals surface area (Å²) in [7, 11) is 0. The van der Waals surface area contributed by atoms with E-state index in [0.29, 0.717) is 11.1 Å². The Bertz CT molecular complexity index is 177. The first kappa shape index (κ1) is 8.52. The Morgan fingerprint density at radius 2 is 2.00 bits per heavy atom. The van der Waals surface area contributed by atoms with E-state index in [0.717, 1.165) is 13.2 Å². The number of hydrogen-bond acceptors (Lipinski definition) is 2. The van der Waals surface area contributed by atoms with Gasteiger partial charge in [-0.25, -0.2) is 0 Å². The van der Waals surface area contributed by atoms with Crippen LogP contribution in [0, 0.1) is 0 Å². The van der Waals surface area contributed by atoms with Crippen LogP contribution in [0.25, 0.3) is 0 Å². The van der Waals surface area contributed by atoms with Gasteiger partial charge in [0.15, 0.2) is 0 Å². The van der Waals surface area contributed by atoms with Crippen LogP contribution < -0.4 is 0 Å². The summed E-state index contributed by atoms with van der Waals surface area (Å²) in [6, 6.07) is 0. The molecule has 12 heavy (non-hydrogen) atoms. The van der Waals surface area contributed by atoms with Crippen molar-refractivity contribution in [2.75, 3.05) is 19.8 Å². The Kier molecular flexibility index (Phi) is 1.74. The fraction of sp³-hybridized carbons (Fsp3) is 1.00. The van der Waals surface area contributed by atoms with Crippen molar-refractivity contribution in [3.8, 4) is 0 Å². The smallest absolute Gasteiger partial charge is 0.0652 e. The van der Waals surface area contributed by atoms with Gasteiger partial charge < -0.3 is 4.74 Å². The van der Waals surface area contributed by atoms with Crippen molar-refractivity contribution in [1.82, 2.24) is 4.90 Å². The van der Waals surface area contributed by atoms with E-state index in [-0.39, 0.29) is 0 Å². The Labute approximate surface area is 74.9 Å². The van der Waals surface area contributed by atoms with E-state index < -0.39 is 0 Å². The molecule has 0 aliphatic carbocycles. The Balaban J connectivity index is 2.09. The number of rotatable bonds is 0. The van der Waals surface area contributed by atoms with E-state index in [4.69, 9.17) is 4.74 Å². The highest BCUT2D eigenvalue weighted by atomic mass is 16.5. The molecule has 2 rings (SSSR count). The van der Waals surface area contributed by atoms with Crippen LogP contribution >= 0.6 is 0 Å². The van der Waals surface area contributed by atoms with Gasteiger partial charge in [0.25, 0.3) is 0 Å². The second kappa shape index (κ2) is 2.46. The topological polar surface area (TPSA) is 12.5 Å². The molecule has 0 aromatic rings. The average Bonchev–Trinajstić information content (AvgIpc) is 2.28. The average molecular weight is 169 g/mol. The normalized spacial score (nSPS) is 37.2. The molecule has 1 unspecified atom stereocenters. The standard InChI is InChI=1S/C10H19NO/c1-9(2,3)11-6-4-10(11)5-7-12-8-10/h4-8H2,1-3H3. The number of nitrogens with zero attached hydrogens (tertiary/aromatic N) is 1. The Morgan fingerprint density at radius 3 is 2.33 bits per heavy atom. The van der Waals surface area contributed by atoms with Crippen molar-refractivity contribution in [3.05, 3.63) is 0 Å². The minimum atomic E-state index is 0.325. The zero-order chi connectivity index (χ0) is 8.82. The lowest BCUT2D eigenvalue weighted by Gasteiger charge is -2.56. The Morgan fingerprint density at radius 1 is 1.25 bits per heavy atom. The summed E-state index contributed by atoms with van der Waals surface area (Å²) in [5, 5.41) is 0. The zero-order valence-corrected chi connectivity index (χ0v) is 8.39. The van der Waals surface area contributed by atoms with Gasteiger partial charge >= 0.3 is 0 Å². The molecular formula is C10H19NO. The highest BCUT2D eigenvalue weighted by molar-refractivity contribution is 5.06. The van der Waals surface area contributed by atoms with Crippen molar-refractivity contribution in [3.63, 3.8) is 0 Å². The third kappa shape index (κ3) is 1.09. The molecule has 70 valence electrons. The highest BCUT2D eigenvalue weighted by Crippen LogP contribution is 2.42. The molecule has 2 heterocycles. The van der Waals surface area contributed by atoms with Gasteiger partial charge in [0.2, 0.25) is 0 Å². The van der Waals surface area contributed by atoms with Crippen molar-refractivity contribution < 1.29 is 4.74 Å². The third-order valence-corrected chi connectivity index (χ3v) is 3.27. The monoisotopic (exact) mass is 169 g/mol. The molecule has 0 aromatic carbocycles. The molecule has 1 atom stereocenters. The van der Waals surface area contributed by atoms with Gasteiger partial charge in [0.05, 0.1) is 6.61 Å². The van der Waals surface area contributed by atoms with Crippen molar-refractivity contribution >= 4 is 0 Å². The second-order valence-corrected chi connectivity index (χ2v) is 5.10. The molecule has 0 amide bonds. The van der Waals surface area contributed by atoms with E-state index in [1.165, 1.54) is 19.4 Å². The van der Waals surface area contributed by atoms with Gasteiger partial charge in [0, 0.05) is 24.2 Å². The van der Waals surface area contributed by atoms with Gasteiger partial charge in [0.1, 0.15) is 0 Å². The third-order valence-electron chi connectivity index (χ3n) is 3.27. The molecule has 2 aliphatic heterocycles. The summed E-state index contributed by atoms with van der Waals surface area (Å²) in [5.41, 5.74) is 0.754. The van der Waals surface area contributed by atoms with Crippen LogP contribution in [0.3, 0.4) is 0 Å². The van der Waals surface area contributed by atoms with Gasteiger partial charge in [-0.05, 0) is 33.6 Å². The first-order chi connectivity index (χ1) is 5.55. The number of hydrogen-bond donors (Lipinski definition) is 0. The second-order valence-electron chi connectivity index (χ2n) is 5.10. The summed E-state index contributed by atoms with van der Waals surface area (Å²) in [5.74, 6) is 0. The van der Waals surface area contributed by atoms with Crippen LogP contribution in [-0.2, 0) is 4.74 Å². The summed E-state index contributed by atoms with van der Waals surface area (Å²) in [4.78, 5) is 2.60. The molecule has 2 saturated heterocycles. The molecule has 2 aliphatic rings. The minimum absolute atomic E-state index is 0.325. The molecule has 2 heteroatoms. The van der Waals surface area contributed by atoms with Crippen LogP contribution in [0.4, 0.5) is 0 Å². The van der Waals surface area contributed by atoms with Crippen LogP contribution in [0.5, 0.6) is 0 Å². The van der Waals surface area contributed by atoms with E-state index in [1.807, 2.05) is 0 Å². The molecule has 0 aromatic heterocycles. The van der Waals surface area contributed by atoms with Crippen LogP contribution in [-0.4, -0.2) is 35.7 Å². The van der Waals surface area contributed by atoms with Crippen LogP contribution in [0.2, 0.25) is 0 Å². The van der Waals surface area contributed by atoms with Gasteiger partial charge in [-0.3, -0.25) is 4.90 Å². The van der Waals surface area contributed by atoms with E-state index in [1.54, 1.807) is 0 Å². The fourth-order valence-corrected chi connectivity index (χ4v) is 2.59. The van der Waals surface area contributed by atoms with Crippen molar-refractivity contribution in [2.45, 2.75) is 44.7 Å². The van der Waals surface area contributed by atoms with Gasteiger partial charge in [-0.2, -0.15) is 0 Å². The molecule has 2 nitrogen and oxygen atoms in total. The maximum Gasteiger partial charge on any atom is 0.0652 e. The lowest BCUT2D eigenvalue weighted by Crippen LogP contribution is -2.66. The maximum absolute atomic E-state index is 5.49. The summed E-state index contributed by atoms with van der Waals surface area (Å²) in [6.45, 7) is 10.1. The molecule has 0 radical (unpaired) electrons. The first-order valence-corrected chi connectivity index (χ1v) is 4.90. The lowest BCUT2D eigenvalue weighted by molar-refractivity contribution is -0.0819. The highest BCUT2D eigenvalue weighted by Gasteiger charge is 2.51. The molecule has 1 spiro atoms. The quantitative estimate of drug-likeness (QED) is 0.546. The fourth-order valence-electron chi connectivity index (χ4n) is 2.59. The minimum Gasteiger partial charge on any atom is -0.379 e. The largest absolute Gasteiger partial charge is 0.379 e. The summed E-state index contributed by atoms with van der Waals surface area (Å²) in [6.07, 6.45) is 2.58. The Hall–Kier alpha value is -0.0800. The predicted molar refractivity (Wildman–Crippen MR) is 49.2 cm³/mol. The summed E-state index contributed by atoms with van der Waals surface area (Å²) < 4.78 is 5.49. The first-order valence-electron chi connectivity index (χ1n) is 4.90. The molecule has 2 fully saturated rings. The van der Waals surface area contributed by atoms with Crippen molar-refractivity contribution in [1.29, 1.82) is 0 Å². The number of ether oxygens (including phenoxy) is 1. The lowest BCUT2D eigenvalue weighted by atomic mass is 9.79. The van der Waals surface area contributed by atoms with E-state index in [2.05, 4.69) is 25.7 Å².